The predicted molar refractivity (Wildman–Crippen MR) is 75.6 cm³/mol. The van der Waals surface area contributed by atoms with Gasteiger partial charge in [0.25, 0.3) is 11.6 Å². The minimum Gasteiger partial charge on any atom is -0.404 e. The van der Waals surface area contributed by atoms with Crippen LogP contribution in [0.4, 0.5) is 9.59 Å². The number of ketones is 2. The smallest absolute Gasteiger partial charge is 0.404 e. The first kappa shape index (κ1) is 18.9. The molecule has 2 amide bonds. The molecule has 0 aromatic rings. The molecule has 0 aliphatic heterocycles. The average Bonchev–Trinajstić information content (AvgIpc) is 2.50. The molecule has 0 spiro atoms. The topological polar surface area (TPSA) is 203 Å². The van der Waals surface area contributed by atoms with Gasteiger partial charge in [0.05, 0.1) is 13.2 Å². The van der Waals surface area contributed by atoms with Crippen LogP contribution in [0.25, 0.3) is 0 Å². The first-order chi connectivity index (χ1) is 11.3. The monoisotopic (exact) mass is 344 g/mol. The lowest BCUT2D eigenvalue weighted by atomic mass is 10.0. The van der Waals surface area contributed by atoms with Crippen LogP contribution in [0.3, 0.4) is 0 Å². The Morgan fingerprint density at radius 1 is 0.833 bits per heavy atom. The zero-order chi connectivity index (χ0) is 18.3. The molecule has 0 saturated heterocycles. The number of nitrogens with two attached hydrogens (primary N) is 2. The fraction of sp³-hybridized carbons (Fsp3) is 0.333. The lowest BCUT2D eigenvalue weighted by molar-refractivity contribution is -0.120. The highest BCUT2D eigenvalue weighted by Crippen LogP contribution is 2.24. The van der Waals surface area contributed by atoms with Gasteiger partial charge in [-0.1, -0.05) is 0 Å². The van der Waals surface area contributed by atoms with Gasteiger partial charge >= 0.3 is 12.2 Å². The largest absolute Gasteiger partial charge is 0.410 e. The van der Waals surface area contributed by atoms with Crippen molar-refractivity contribution >= 4 is 23.8 Å². The molecule has 24 heavy (non-hydrogen) atoms. The number of hydrogen-bond donors (Lipinski definition) is 6. The van der Waals surface area contributed by atoms with E-state index in [9.17, 15) is 19.2 Å². The van der Waals surface area contributed by atoms with Gasteiger partial charge in [-0.2, -0.15) is 0 Å². The van der Waals surface area contributed by atoms with Gasteiger partial charge in [0.2, 0.25) is 11.5 Å². The zero-order valence-electron chi connectivity index (χ0n) is 12.3. The number of carbonyl (C=O) groups excluding carboxylic acids is 4. The fourth-order valence-electron chi connectivity index (χ4n) is 1.74. The summed E-state index contributed by atoms with van der Waals surface area (Å²) in [5.41, 5.74) is 8.64. The Hall–Kier alpha value is -3.12. The molecule has 0 aromatic carbocycles. The number of Topliss-reactive ketones (excluding diaryl/α,β-unsaturated/α-hetero) is 2. The molecule has 0 radical (unpaired) electrons. The van der Waals surface area contributed by atoms with Gasteiger partial charge in [0, 0.05) is 13.1 Å². The molecular formula is C12H16N4O8. The van der Waals surface area contributed by atoms with E-state index in [0.29, 0.717) is 0 Å². The highest BCUT2D eigenvalue weighted by molar-refractivity contribution is 6.24. The lowest BCUT2D eigenvalue weighted by Crippen LogP contribution is -2.40. The number of nitrogens with one attached hydrogen (secondary N) is 2. The standard InChI is InChI=1S/C12H16N4O8/c13-11(21)23-9-5(15-1-3-17)7(19)10(24-12(14)22)6(8(9)20)16-2-4-18/h15-18H,1-4H2,(H2,13,21)(H2,14,22). The molecule has 1 rings (SSSR count). The molecule has 0 bridgehead atoms. The molecule has 0 unspecified atom stereocenters. The maximum atomic E-state index is 12.4. The summed E-state index contributed by atoms with van der Waals surface area (Å²) in [5.74, 6) is -3.59. The minimum atomic E-state index is -1.37. The van der Waals surface area contributed by atoms with Crippen molar-refractivity contribution in [3.8, 4) is 0 Å². The third kappa shape index (κ3) is 4.44. The van der Waals surface area contributed by atoms with Gasteiger partial charge in [0.15, 0.2) is 0 Å². The molecule has 0 saturated carbocycles. The number of amides is 2. The number of carbonyl (C=O) groups is 4. The van der Waals surface area contributed by atoms with Crippen LogP contribution in [0.2, 0.25) is 0 Å². The van der Waals surface area contributed by atoms with Crippen molar-refractivity contribution < 1.29 is 38.9 Å². The van der Waals surface area contributed by atoms with E-state index in [1.807, 2.05) is 0 Å². The Morgan fingerprint density at radius 3 is 1.42 bits per heavy atom. The Morgan fingerprint density at radius 2 is 1.17 bits per heavy atom. The molecule has 12 heteroatoms. The second-order valence-corrected chi connectivity index (χ2v) is 4.21. The van der Waals surface area contributed by atoms with Crippen LogP contribution in [0.15, 0.2) is 22.9 Å². The molecule has 0 aromatic heterocycles. The average molecular weight is 344 g/mol. The maximum Gasteiger partial charge on any atom is 0.410 e. The van der Waals surface area contributed by atoms with Crippen LogP contribution in [0, 0.1) is 0 Å². The van der Waals surface area contributed by atoms with Gasteiger partial charge in [0.1, 0.15) is 11.4 Å². The molecule has 132 valence electrons. The van der Waals surface area contributed by atoms with Crippen molar-refractivity contribution in [2.24, 2.45) is 11.5 Å². The number of aliphatic hydroxyl groups excluding tert-OH is 2. The van der Waals surface area contributed by atoms with E-state index >= 15 is 0 Å². The second kappa shape index (κ2) is 8.50. The van der Waals surface area contributed by atoms with E-state index in [2.05, 4.69) is 20.1 Å². The van der Waals surface area contributed by atoms with Crippen LogP contribution in [0.1, 0.15) is 0 Å². The van der Waals surface area contributed by atoms with E-state index < -0.39 is 59.9 Å². The molecule has 12 nitrogen and oxygen atoms in total. The second-order valence-electron chi connectivity index (χ2n) is 4.21. The molecular weight excluding hydrogens is 328 g/mol. The number of rotatable bonds is 8. The molecule has 1 aliphatic rings. The molecule has 0 atom stereocenters. The first-order valence-corrected chi connectivity index (χ1v) is 6.55. The summed E-state index contributed by atoms with van der Waals surface area (Å²) in [4.78, 5) is 46.7. The lowest BCUT2D eigenvalue weighted by Gasteiger charge is -2.22. The van der Waals surface area contributed by atoms with E-state index in [0.717, 1.165) is 0 Å². The van der Waals surface area contributed by atoms with E-state index in [-0.39, 0.29) is 13.1 Å². The Balaban J connectivity index is 3.37. The van der Waals surface area contributed by atoms with Crippen LogP contribution < -0.4 is 22.1 Å². The summed E-state index contributed by atoms with van der Waals surface area (Å²) in [6.45, 7) is -1.19. The number of aliphatic hydroxyl groups is 2. The van der Waals surface area contributed by atoms with Gasteiger partial charge in [-0.05, 0) is 0 Å². The van der Waals surface area contributed by atoms with Gasteiger partial charge in [-0.15, -0.1) is 0 Å². The number of primary amides is 2. The summed E-state index contributed by atoms with van der Waals surface area (Å²) in [6.07, 6.45) is -2.73. The van der Waals surface area contributed by atoms with Gasteiger partial charge in [-0.25, -0.2) is 9.59 Å². The summed E-state index contributed by atoms with van der Waals surface area (Å²) in [6, 6.07) is 0. The van der Waals surface area contributed by atoms with E-state index in [1.165, 1.54) is 0 Å². The summed E-state index contributed by atoms with van der Waals surface area (Å²) < 4.78 is 9.09. The summed E-state index contributed by atoms with van der Waals surface area (Å²) in [5, 5.41) is 22.4. The van der Waals surface area contributed by atoms with Crippen LogP contribution in [-0.2, 0) is 19.1 Å². The third-order valence-corrected chi connectivity index (χ3v) is 2.55. The van der Waals surface area contributed by atoms with Crippen molar-refractivity contribution in [1.82, 2.24) is 10.6 Å². The highest BCUT2D eigenvalue weighted by Gasteiger charge is 2.39. The van der Waals surface area contributed by atoms with Crippen molar-refractivity contribution in [2.45, 2.75) is 0 Å². The molecule has 1 aliphatic carbocycles. The minimum absolute atomic E-state index is 0.177. The van der Waals surface area contributed by atoms with E-state index in [1.54, 1.807) is 0 Å². The summed E-state index contributed by atoms with van der Waals surface area (Å²) >= 11 is 0. The normalized spacial score (nSPS) is 14.6. The van der Waals surface area contributed by atoms with Crippen molar-refractivity contribution in [2.75, 3.05) is 26.3 Å². The van der Waals surface area contributed by atoms with Gasteiger partial charge < -0.3 is 41.8 Å². The predicted octanol–water partition coefficient (Wildman–Crippen LogP) is -3.08. The van der Waals surface area contributed by atoms with Crippen molar-refractivity contribution in [3.05, 3.63) is 22.9 Å². The maximum absolute atomic E-state index is 12.4. The van der Waals surface area contributed by atoms with Gasteiger partial charge in [-0.3, -0.25) is 9.59 Å². The highest BCUT2D eigenvalue weighted by atomic mass is 16.6. The number of hydrogen-bond acceptors (Lipinski definition) is 10. The third-order valence-electron chi connectivity index (χ3n) is 2.55. The van der Waals surface area contributed by atoms with Crippen LogP contribution in [0.5, 0.6) is 0 Å². The first-order valence-electron chi connectivity index (χ1n) is 6.55. The van der Waals surface area contributed by atoms with E-state index in [4.69, 9.17) is 21.7 Å². The zero-order valence-corrected chi connectivity index (χ0v) is 12.3. The van der Waals surface area contributed by atoms with Crippen LogP contribution in [-0.4, -0.2) is 60.3 Å². The quantitative estimate of drug-likeness (QED) is 0.245. The Kier molecular flexibility index (Phi) is 6.70. The van der Waals surface area contributed by atoms with Crippen LogP contribution >= 0.6 is 0 Å². The number of ether oxygens (including phenoxy) is 2. The SMILES string of the molecule is NC(=O)OC1=C(NCCO)C(=O)C(OC(N)=O)=C(NCCO)C1=O. The van der Waals surface area contributed by atoms with Crippen molar-refractivity contribution in [3.63, 3.8) is 0 Å². The molecule has 8 N–H and O–H groups in total. The Labute approximate surface area is 135 Å². The molecule has 0 heterocycles. The molecule has 0 fully saturated rings. The Bertz CT molecular complexity index is 571. The summed E-state index contributed by atoms with van der Waals surface area (Å²) in [7, 11) is 0. The van der Waals surface area contributed by atoms with Crippen molar-refractivity contribution in [1.29, 1.82) is 0 Å². The fourth-order valence-corrected chi connectivity index (χ4v) is 1.74.